The van der Waals surface area contributed by atoms with Crippen molar-refractivity contribution in [3.63, 3.8) is 0 Å². The van der Waals surface area contributed by atoms with Crippen LogP contribution >= 0.6 is 0 Å². The summed E-state index contributed by atoms with van der Waals surface area (Å²) in [5, 5.41) is 10.8. The number of hydrogen-bond donors (Lipinski definition) is 1. The minimum Gasteiger partial charge on any atom is -0.429 e. The van der Waals surface area contributed by atoms with Gasteiger partial charge in [0.2, 0.25) is 0 Å². The van der Waals surface area contributed by atoms with Gasteiger partial charge in [0.25, 0.3) is 0 Å². The summed E-state index contributed by atoms with van der Waals surface area (Å²) in [6.07, 6.45) is -0.360. The first-order chi connectivity index (χ1) is 17.5. The molecule has 3 aromatic carbocycles. The molecule has 3 unspecified atom stereocenters. The van der Waals surface area contributed by atoms with Gasteiger partial charge in [0.15, 0.2) is 17.5 Å². The van der Waals surface area contributed by atoms with Crippen molar-refractivity contribution in [1.82, 2.24) is 0 Å². The molecule has 0 aliphatic heterocycles. The van der Waals surface area contributed by atoms with Crippen molar-refractivity contribution in [2.75, 3.05) is 0 Å². The maximum atomic E-state index is 14.7. The fourth-order valence-corrected chi connectivity index (χ4v) is 4.78. The van der Waals surface area contributed by atoms with Crippen LogP contribution in [-0.2, 0) is 6.11 Å². The Morgan fingerprint density at radius 2 is 1.38 bits per heavy atom. The van der Waals surface area contributed by atoms with Gasteiger partial charge >= 0.3 is 6.11 Å². The average Bonchev–Trinajstić information content (AvgIpc) is 3.05. The minimum atomic E-state index is -4.66. The number of ether oxygens (including phenoxy) is 1. The van der Waals surface area contributed by atoms with E-state index in [1.165, 1.54) is 12.1 Å². The number of rotatable bonds is 6. The Kier molecular flexibility index (Phi) is 7.83. The molecule has 1 fully saturated rings. The highest BCUT2D eigenvalue weighted by atomic mass is 19.3. The van der Waals surface area contributed by atoms with E-state index < -0.39 is 52.6 Å². The SMILES string of the molecule is CC1CCCC(C(O)c2ccc(-c3cc(F)c(C(F)(F)Oc4cc(F)c(F)c(F)c4)c(F)c3)cc2)CC1. The lowest BCUT2D eigenvalue weighted by molar-refractivity contribution is -0.189. The molecule has 1 N–H and O–H groups in total. The standard InChI is InChI=1S/C28H25F7O2/c1-15-3-2-4-17(6-5-15)27(36)18-9-7-16(8-10-18)19-11-21(29)25(22(30)12-19)28(34,35)37-20-13-23(31)26(33)24(32)14-20/h7-15,17,27,36H,2-6H2,1H3. The molecule has 4 rings (SSSR count). The summed E-state index contributed by atoms with van der Waals surface area (Å²) in [6, 6.07) is 7.97. The van der Waals surface area contributed by atoms with Crippen LogP contribution in [0.25, 0.3) is 11.1 Å². The van der Waals surface area contributed by atoms with Gasteiger partial charge in [-0.1, -0.05) is 50.5 Å². The number of aliphatic hydroxyl groups excluding tert-OH is 1. The average molecular weight is 526 g/mol. The van der Waals surface area contributed by atoms with Crippen molar-refractivity contribution in [2.45, 2.75) is 51.2 Å². The summed E-state index contributed by atoms with van der Waals surface area (Å²) < 4.78 is 102. The second-order valence-corrected chi connectivity index (χ2v) is 9.57. The van der Waals surface area contributed by atoms with E-state index in [-0.39, 0.29) is 23.6 Å². The molecule has 3 aromatic rings. The molecule has 2 nitrogen and oxygen atoms in total. The Hall–Kier alpha value is -3.07. The molecule has 0 saturated heterocycles. The van der Waals surface area contributed by atoms with Crippen molar-refractivity contribution >= 4 is 0 Å². The van der Waals surface area contributed by atoms with Crippen LogP contribution < -0.4 is 4.74 Å². The van der Waals surface area contributed by atoms with Crippen LogP contribution in [0.5, 0.6) is 5.75 Å². The lowest BCUT2D eigenvalue weighted by Gasteiger charge is -2.22. The second-order valence-electron chi connectivity index (χ2n) is 9.57. The zero-order valence-electron chi connectivity index (χ0n) is 19.9. The van der Waals surface area contributed by atoms with Crippen molar-refractivity contribution in [1.29, 1.82) is 0 Å². The van der Waals surface area contributed by atoms with E-state index in [1.54, 1.807) is 12.1 Å². The zero-order chi connectivity index (χ0) is 26.9. The highest BCUT2D eigenvalue weighted by Gasteiger charge is 2.41. The van der Waals surface area contributed by atoms with Crippen LogP contribution in [0, 0.1) is 40.9 Å². The van der Waals surface area contributed by atoms with E-state index in [0.717, 1.165) is 32.1 Å². The summed E-state index contributed by atoms with van der Waals surface area (Å²) in [5.74, 6) is -9.24. The fraction of sp³-hybridized carbons (Fsp3) is 0.357. The van der Waals surface area contributed by atoms with Crippen LogP contribution in [0.4, 0.5) is 30.7 Å². The lowest BCUT2D eigenvalue weighted by atomic mass is 9.88. The van der Waals surface area contributed by atoms with E-state index in [0.29, 0.717) is 29.2 Å². The molecule has 0 aromatic heterocycles. The molecule has 37 heavy (non-hydrogen) atoms. The van der Waals surface area contributed by atoms with Crippen LogP contribution in [0.2, 0.25) is 0 Å². The number of alkyl halides is 2. The molecule has 0 amide bonds. The number of benzene rings is 3. The molecule has 0 radical (unpaired) electrons. The molecule has 0 bridgehead atoms. The molecule has 1 saturated carbocycles. The third-order valence-corrected chi connectivity index (χ3v) is 6.87. The summed E-state index contributed by atoms with van der Waals surface area (Å²) in [7, 11) is 0. The smallest absolute Gasteiger partial charge is 0.429 e. The van der Waals surface area contributed by atoms with Crippen LogP contribution in [0.3, 0.4) is 0 Å². The zero-order valence-corrected chi connectivity index (χ0v) is 19.9. The minimum absolute atomic E-state index is 0.0437. The molecule has 1 aliphatic rings. The molecule has 9 heteroatoms. The quantitative estimate of drug-likeness (QED) is 0.198. The van der Waals surface area contributed by atoms with Gasteiger partial charge in [-0.3, -0.25) is 0 Å². The fourth-order valence-electron chi connectivity index (χ4n) is 4.78. The van der Waals surface area contributed by atoms with Gasteiger partial charge in [0.1, 0.15) is 22.9 Å². The first-order valence-electron chi connectivity index (χ1n) is 12.0. The first-order valence-corrected chi connectivity index (χ1v) is 12.0. The summed E-state index contributed by atoms with van der Waals surface area (Å²) in [6.45, 7) is 2.19. The highest BCUT2D eigenvalue weighted by Crippen LogP contribution is 2.39. The Balaban J connectivity index is 1.55. The Morgan fingerprint density at radius 3 is 1.97 bits per heavy atom. The third-order valence-electron chi connectivity index (χ3n) is 6.87. The maximum absolute atomic E-state index is 14.7. The van der Waals surface area contributed by atoms with E-state index in [1.807, 2.05) is 0 Å². The number of halogens is 7. The van der Waals surface area contributed by atoms with E-state index in [4.69, 9.17) is 0 Å². The molecule has 0 heterocycles. The molecule has 198 valence electrons. The largest absolute Gasteiger partial charge is 0.432 e. The van der Waals surface area contributed by atoms with Gasteiger partial charge in [-0.25, -0.2) is 22.0 Å². The van der Waals surface area contributed by atoms with Gasteiger partial charge < -0.3 is 9.84 Å². The Bertz CT molecular complexity index is 1210. The summed E-state index contributed by atoms with van der Waals surface area (Å²) in [4.78, 5) is 0. The van der Waals surface area contributed by atoms with E-state index >= 15 is 0 Å². The maximum Gasteiger partial charge on any atom is 0.432 e. The molecular weight excluding hydrogens is 501 g/mol. The van der Waals surface area contributed by atoms with Gasteiger partial charge in [0, 0.05) is 12.1 Å². The van der Waals surface area contributed by atoms with E-state index in [9.17, 15) is 35.8 Å². The van der Waals surface area contributed by atoms with Crippen molar-refractivity contribution in [3.05, 3.63) is 88.7 Å². The topological polar surface area (TPSA) is 29.5 Å². The van der Waals surface area contributed by atoms with Crippen LogP contribution in [0.1, 0.15) is 56.3 Å². The summed E-state index contributed by atoms with van der Waals surface area (Å²) in [5.41, 5.74) is -0.838. The number of hydrogen-bond acceptors (Lipinski definition) is 2. The van der Waals surface area contributed by atoms with Crippen molar-refractivity contribution in [3.8, 4) is 16.9 Å². The normalized spacial score (nSPS) is 19.4. The van der Waals surface area contributed by atoms with Crippen LogP contribution in [0.15, 0.2) is 48.5 Å². The first kappa shape index (κ1) is 27.0. The Morgan fingerprint density at radius 1 is 0.784 bits per heavy atom. The number of aliphatic hydroxyl groups is 1. The van der Waals surface area contributed by atoms with Gasteiger partial charge in [-0.15, -0.1) is 0 Å². The lowest BCUT2D eigenvalue weighted by Crippen LogP contribution is -2.25. The second kappa shape index (κ2) is 10.7. The predicted molar refractivity (Wildman–Crippen MR) is 123 cm³/mol. The monoisotopic (exact) mass is 526 g/mol. The van der Waals surface area contributed by atoms with Gasteiger partial charge in [-0.05, 0) is 53.5 Å². The van der Waals surface area contributed by atoms with Gasteiger partial charge in [0.05, 0.1) is 6.10 Å². The van der Waals surface area contributed by atoms with Crippen LogP contribution in [-0.4, -0.2) is 5.11 Å². The predicted octanol–water partition coefficient (Wildman–Crippen LogP) is 8.43. The van der Waals surface area contributed by atoms with Crippen molar-refractivity contribution < 1.29 is 40.6 Å². The molecule has 3 atom stereocenters. The van der Waals surface area contributed by atoms with Gasteiger partial charge in [-0.2, -0.15) is 8.78 Å². The molecule has 1 aliphatic carbocycles. The Labute approximate surface area is 209 Å². The highest BCUT2D eigenvalue weighted by molar-refractivity contribution is 5.64. The molecular formula is C28H25F7O2. The third kappa shape index (κ3) is 5.92. The van der Waals surface area contributed by atoms with E-state index in [2.05, 4.69) is 11.7 Å². The summed E-state index contributed by atoms with van der Waals surface area (Å²) >= 11 is 0. The molecule has 0 spiro atoms. The van der Waals surface area contributed by atoms with Crippen molar-refractivity contribution in [2.24, 2.45) is 11.8 Å².